The molecular formula is C46H50N4O12. The standard InChI is InChI=1S/C46H50N4O12/c1-11-47-41(51)33(42(52)48(12-2)45(47)55)19-31-25-37(59-7)29(23-39(31)61-9)17-15-27-21-36(58-6)28(22-35(27)57-5)16-18-30-24-40(62-10)32(26-38(30)60-8)20-34-43(53)49(13-3)46(56)50(14-4)44(34)54/h15-26H,11-14H2,1-10H3/b17-15+,18-16+. The lowest BCUT2D eigenvalue weighted by molar-refractivity contribution is -0.137. The smallest absolute Gasteiger partial charge is 0.333 e. The molecule has 16 nitrogen and oxygen atoms in total. The normalized spacial score (nSPS) is 14.7. The largest absolute Gasteiger partial charge is 0.496 e. The third-order valence-corrected chi connectivity index (χ3v) is 10.3. The van der Waals surface area contributed by atoms with Crippen LogP contribution in [0.1, 0.15) is 61.1 Å². The number of nitrogens with zero attached hydrogens (tertiary/aromatic N) is 4. The monoisotopic (exact) mass is 850 g/mol. The van der Waals surface area contributed by atoms with Crippen LogP contribution >= 0.6 is 0 Å². The fourth-order valence-electron chi connectivity index (χ4n) is 7.02. The minimum Gasteiger partial charge on any atom is -0.496 e. The Morgan fingerprint density at radius 2 is 0.548 bits per heavy atom. The van der Waals surface area contributed by atoms with Crippen molar-refractivity contribution in [3.8, 4) is 34.5 Å². The summed E-state index contributed by atoms with van der Waals surface area (Å²) < 4.78 is 34.3. The lowest BCUT2D eigenvalue weighted by atomic mass is 10.0. The fourth-order valence-corrected chi connectivity index (χ4v) is 7.02. The summed E-state index contributed by atoms with van der Waals surface area (Å²) in [5.74, 6) is -0.235. The van der Waals surface area contributed by atoms with E-state index in [4.69, 9.17) is 28.4 Å². The van der Waals surface area contributed by atoms with Gasteiger partial charge in [0.25, 0.3) is 23.6 Å². The average molecular weight is 851 g/mol. The van der Waals surface area contributed by atoms with Crippen LogP contribution in [0.25, 0.3) is 36.5 Å². The first-order chi connectivity index (χ1) is 29.8. The van der Waals surface area contributed by atoms with Crippen molar-refractivity contribution in [2.24, 2.45) is 0 Å². The Labute approximate surface area is 360 Å². The quantitative estimate of drug-likeness (QED) is 0.0872. The summed E-state index contributed by atoms with van der Waals surface area (Å²) in [7, 11) is 8.99. The second kappa shape index (κ2) is 19.8. The van der Waals surface area contributed by atoms with Gasteiger partial charge in [0.1, 0.15) is 45.6 Å². The van der Waals surface area contributed by atoms with Crippen LogP contribution < -0.4 is 28.4 Å². The van der Waals surface area contributed by atoms with E-state index in [9.17, 15) is 28.8 Å². The van der Waals surface area contributed by atoms with Gasteiger partial charge in [0.2, 0.25) is 0 Å². The van der Waals surface area contributed by atoms with E-state index < -0.39 is 35.7 Å². The van der Waals surface area contributed by atoms with Crippen molar-refractivity contribution in [3.05, 3.63) is 80.9 Å². The topological polar surface area (TPSA) is 171 Å². The zero-order chi connectivity index (χ0) is 45.4. The maximum atomic E-state index is 13.2. The first-order valence-corrected chi connectivity index (χ1v) is 19.7. The molecule has 2 fully saturated rings. The van der Waals surface area contributed by atoms with Crippen molar-refractivity contribution in [2.45, 2.75) is 27.7 Å². The van der Waals surface area contributed by atoms with Crippen molar-refractivity contribution in [1.29, 1.82) is 0 Å². The number of carbonyl (C=O) groups is 6. The Kier molecular flexibility index (Phi) is 14.6. The molecule has 2 aliphatic rings. The van der Waals surface area contributed by atoms with E-state index in [1.165, 1.54) is 54.8 Å². The molecule has 326 valence electrons. The van der Waals surface area contributed by atoms with Gasteiger partial charge in [0.15, 0.2) is 0 Å². The maximum absolute atomic E-state index is 13.2. The van der Waals surface area contributed by atoms with E-state index in [-0.39, 0.29) is 37.3 Å². The van der Waals surface area contributed by atoms with Gasteiger partial charge in [-0.05, 0) is 76.2 Å². The highest BCUT2D eigenvalue weighted by Crippen LogP contribution is 2.37. The lowest BCUT2D eigenvalue weighted by Gasteiger charge is -2.32. The highest BCUT2D eigenvalue weighted by atomic mass is 16.5. The molecule has 5 rings (SSSR count). The molecule has 3 aromatic carbocycles. The molecule has 2 heterocycles. The molecule has 0 bridgehead atoms. The van der Waals surface area contributed by atoms with Gasteiger partial charge in [-0.15, -0.1) is 0 Å². The summed E-state index contributed by atoms with van der Waals surface area (Å²) in [6.07, 6.45) is 10.00. The van der Waals surface area contributed by atoms with Crippen molar-refractivity contribution in [3.63, 3.8) is 0 Å². The Morgan fingerprint density at radius 3 is 0.742 bits per heavy atom. The fraction of sp³-hybridized carbons (Fsp3) is 0.304. The summed E-state index contributed by atoms with van der Waals surface area (Å²) in [4.78, 5) is 82.3. The van der Waals surface area contributed by atoms with Crippen LogP contribution in [0, 0.1) is 0 Å². The van der Waals surface area contributed by atoms with Crippen molar-refractivity contribution >= 4 is 72.1 Å². The summed E-state index contributed by atoms with van der Waals surface area (Å²) >= 11 is 0. The predicted molar refractivity (Wildman–Crippen MR) is 233 cm³/mol. The van der Waals surface area contributed by atoms with E-state index in [1.807, 2.05) is 0 Å². The number of amides is 8. The number of likely N-dealkylation sites (N-methyl/N-ethyl adjacent to an activating group) is 4. The molecule has 8 amide bonds. The van der Waals surface area contributed by atoms with Gasteiger partial charge < -0.3 is 28.4 Å². The van der Waals surface area contributed by atoms with Crippen LogP contribution in [-0.2, 0) is 19.2 Å². The van der Waals surface area contributed by atoms with E-state index in [1.54, 1.807) is 88.4 Å². The second-order valence-electron chi connectivity index (χ2n) is 13.6. The zero-order valence-corrected chi connectivity index (χ0v) is 36.4. The number of hydrogen-bond donors (Lipinski definition) is 0. The van der Waals surface area contributed by atoms with Crippen LogP contribution in [0.5, 0.6) is 34.5 Å². The number of hydrogen-bond acceptors (Lipinski definition) is 12. The molecule has 2 saturated heterocycles. The molecule has 0 aliphatic carbocycles. The third kappa shape index (κ3) is 8.75. The van der Waals surface area contributed by atoms with Crippen molar-refractivity contribution in [1.82, 2.24) is 19.6 Å². The summed E-state index contributed by atoms with van der Waals surface area (Å²) in [5.41, 5.74) is 2.97. The number of carbonyl (C=O) groups excluding carboxylic acids is 6. The molecule has 2 aliphatic heterocycles. The molecule has 0 saturated carbocycles. The van der Waals surface area contributed by atoms with E-state index >= 15 is 0 Å². The Morgan fingerprint density at radius 1 is 0.355 bits per heavy atom. The molecule has 0 atom stereocenters. The molecule has 16 heteroatoms. The first kappa shape index (κ1) is 45.7. The Balaban J connectivity index is 1.49. The van der Waals surface area contributed by atoms with Crippen LogP contribution in [0.3, 0.4) is 0 Å². The number of rotatable bonds is 16. The first-order valence-electron chi connectivity index (χ1n) is 19.7. The van der Waals surface area contributed by atoms with Crippen LogP contribution in [0.4, 0.5) is 9.59 Å². The van der Waals surface area contributed by atoms with Crippen molar-refractivity contribution < 1.29 is 57.2 Å². The molecule has 0 unspecified atom stereocenters. The number of methoxy groups -OCH3 is 6. The van der Waals surface area contributed by atoms with Crippen molar-refractivity contribution in [2.75, 3.05) is 68.8 Å². The molecule has 0 radical (unpaired) electrons. The van der Waals surface area contributed by atoms with Gasteiger partial charge in [-0.1, -0.05) is 24.3 Å². The van der Waals surface area contributed by atoms with Crippen LogP contribution in [0.2, 0.25) is 0 Å². The summed E-state index contributed by atoms with van der Waals surface area (Å²) in [5, 5.41) is 0. The van der Waals surface area contributed by atoms with Gasteiger partial charge >= 0.3 is 12.1 Å². The molecule has 3 aromatic rings. The number of barbiturate groups is 2. The van der Waals surface area contributed by atoms with Gasteiger partial charge in [-0.3, -0.25) is 38.8 Å². The Hall–Kier alpha value is -7.36. The predicted octanol–water partition coefficient (Wildman–Crippen LogP) is 6.51. The highest BCUT2D eigenvalue weighted by molar-refractivity contribution is 6.31. The second-order valence-corrected chi connectivity index (χ2v) is 13.6. The maximum Gasteiger partial charge on any atom is 0.333 e. The van der Waals surface area contributed by atoms with Crippen LogP contribution in [-0.4, -0.2) is 124 Å². The molecular weight excluding hydrogens is 801 g/mol. The highest BCUT2D eigenvalue weighted by Gasteiger charge is 2.42. The Bertz CT molecular complexity index is 2210. The number of imide groups is 4. The van der Waals surface area contributed by atoms with Gasteiger partial charge in [0, 0.05) is 59.6 Å². The molecule has 0 N–H and O–H groups in total. The molecule has 0 spiro atoms. The zero-order valence-electron chi connectivity index (χ0n) is 36.4. The third-order valence-electron chi connectivity index (χ3n) is 10.3. The van der Waals surface area contributed by atoms with E-state index in [2.05, 4.69) is 0 Å². The number of ether oxygens (including phenoxy) is 6. The van der Waals surface area contributed by atoms with Gasteiger partial charge in [0.05, 0.1) is 42.7 Å². The number of benzene rings is 3. The van der Waals surface area contributed by atoms with Gasteiger partial charge in [-0.2, -0.15) is 0 Å². The minimum absolute atomic E-state index is 0.101. The molecule has 0 aromatic heterocycles. The molecule has 62 heavy (non-hydrogen) atoms. The number of urea groups is 2. The van der Waals surface area contributed by atoms with E-state index in [0.29, 0.717) is 67.9 Å². The van der Waals surface area contributed by atoms with E-state index in [0.717, 1.165) is 19.6 Å². The SMILES string of the molecule is CCN1C(=O)C(=Cc2cc(OC)c(/C=C/c3cc(OC)c(/C=C/c4cc(OC)c(C=C5C(=O)N(CC)C(=O)N(CC)C5=O)cc4OC)cc3OC)cc2OC)C(=O)N(CC)C1=O. The summed E-state index contributed by atoms with van der Waals surface area (Å²) in [6.45, 7) is 7.04. The van der Waals surface area contributed by atoms with Crippen LogP contribution in [0.15, 0.2) is 47.5 Å². The average Bonchev–Trinajstić information content (AvgIpc) is 3.28. The minimum atomic E-state index is -0.693. The lowest BCUT2D eigenvalue weighted by Crippen LogP contribution is -2.56. The van der Waals surface area contributed by atoms with Gasteiger partial charge in [-0.25, -0.2) is 9.59 Å². The summed E-state index contributed by atoms with van der Waals surface area (Å²) in [6, 6.07) is 8.97.